The molecule has 6 nitrogen and oxygen atoms in total. The van der Waals surface area contributed by atoms with Crippen LogP contribution in [0.2, 0.25) is 0 Å². The normalized spacial score (nSPS) is 17.8. The molecule has 0 saturated carbocycles. The number of nitrogens with one attached hydrogen (secondary N) is 1. The Kier molecular flexibility index (Phi) is 5.86. The van der Waals surface area contributed by atoms with Gasteiger partial charge in [-0.1, -0.05) is 47.6 Å². The average molecular weight is 365 g/mol. The third-order valence-corrected chi connectivity index (χ3v) is 4.57. The fourth-order valence-electron chi connectivity index (χ4n) is 3.25. The van der Waals surface area contributed by atoms with E-state index in [1.165, 1.54) is 14.0 Å². The molecule has 1 saturated heterocycles. The number of likely N-dealkylation sites (tertiary alicyclic amines) is 1. The van der Waals surface area contributed by atoms with Crippen molar-refractivity contribution < 1.29 is 14.4 Å². The molecule has 1 atom stereocenters. The van der Waals surface area contributed by atoms with Gasteiger partial charge in [-0.3, -0.25) is 9.59 Å². The van der Waals surface area contributed by atoms with Gasteiger partial charge in [-0.2, -0.15) is 0 Å². The van der Waals surface area contributed by atoms with Crippen LogP contribution in [0.15, 0.2) is 59.8 Å². The second-order valence-corrected chi connectivity index (χ2v) is 6.51. The lowest BCUT2D eigenvalue weighted by Gasteiger charge is -2.24. The highest BCUT2D eigenvalue weighted by Gasteiger charge is 2.33. The molecule has 2 aromatic rings. The van der Waals surface area contributed by atoms with E-state index in [-0.39, 0.29) is 17.9 Å². The van der Waals surface area contributed by atoms with Crippen molar-refractivity contribution in [3.05, 3.63) is 60.2 Å². The molecular formula is C21H23N3O3. The van der Waals surface area contributed by atoms with Crippen molar-refractivity contribution in [2.24, 2.45) is 5.16 Å². The Balaban J connectivity index is 1.77. The Morgan fingerprint density at radius 1 is 1.11 bits per heavy atom. The number of benzene rings is 2. The van der Waals surface area contributed by atoms with Gasteiger partial charge in [0.2, 0.25) is 5.91 Å². The van der Waals surface area contributed by atoms with Crippen LogP contribution in [0.3, 0.4) is 0 Å². The van der Waals surface area contributed by atoms with Gasteiger partial charge < -0.3 is 15.1 Å². The summed E-state index contributed by atoms with van der Waals surface area (Å²) in [6.07, 6.45) is 0.585. The van der Waals surface area contributed by atoms with Gasteiger partial charge >= 0.3 is 0 Å². The number of hydrogen-bond acceptors (Lipinski definition) is 4. The van der Waals surface area contributed by atoms with Gasteiger partial charge in [0.25, 0.3) is 5.91 Å². The van der Waals surface area contributed by atoms with Crippen molar-refractivity contribution in [3.63, 3.8) is 0 Å². The summed E-state index contributed by atoms with van der Waals surface area (Å²) in [5, 5.41) is 6.78. The van der Waals surface area contributed by atoms with Crippen LogP contribution >= 0.6 is 0 Å². The first kappa shape index (κ1) is 18.6. The highest BCUT2D eigenvalue weighted by Crippen LogP contribution is 2.22. The van der Waals surface area contributed by atoms with Gasteiger partial charge in [-0.25, -0.2) is 0 Å². The Hall–Kier alpha value is -3.15. The minimum absolute atomic E-state index is 0.0775. The molecule has 3 rings (SSSR count). The number of amides is 2. The molecule has 1 N–H and O–H groups in total. The summed E-state index contributed by atoms with van der Waals surface area (Å²) in [5.74, 6) is -0.196. The lowest BCUT2D eigenvalue weighted by Crippen LogP contribution is -2.42. The van der Waals surface area contributed by atoms with Crippen molar-refractivity contribution >= 4 is 17.5 Å². The molecule has 0 bridgehead atoms. The summed E-state index contributed by atoms with van der Waals surface area (Å²) in [6.45, 7) is 2.26. The largest absolute Gasteiger partial charge is 0.399 e. The monoisotopic (exact) mass is 365 g/mol. The number of carbonyl (C=O) groups is 2. The van der Waals surface area contributed by atoms with Crippen LogP contribution < -0.4 is 5.32 Å². The van der Waals surface area contributed by atoms with Gasteiger partial charge in [0.05, 0.1) is 18.3 Å². The quantitative estimate of drug-likeness (QED) is 0.828. The second kappa shape index (κ2) is 8.49. The van der Waals surface area contributed by atoms with E-state index in [2.05, 4.69) is 10.5 Å². The minimum Gasteiger partial charge on any atom is -0.399 e. The molecule has 140 valence electrons. The molecule has 1 unspecified atom stereocenters. The van der Waals surface area contributed by atoms with Crippen LogP contribution in [0, 0.1) is 0 Å². The molecule has 0 aliphatic carbocycles. The maximum atomic E-state index is 13.0. The molecule has 6 heteroatoms. The summed E-state index contributed by atoms with van der Waals surface area (Å²) in [7, 11) is 1.49. The molecule has 2 amide bonds. The smallest absolute Gasteiger partial charge is 0.254 e. The van der Waals surface area contributed by atoms with Crippen molar-refractivity contribution in [1.29, 1.82) is 0 Å². The van der Waals surface area contributed by atoms with Crippen LogP contribution in [0.4, 0.5) is 0 Å². The van der Waals surface area contributed by atoms with Gasteiger partial charge in [0.1, 0.15) is 7.11 Å². The topological polar surface area (TPSA) is 71.0 Å². The second-order valence-electron chi connectivity index (χ2n) is 6.51. The summed E-state index contributed by atoms with van der Waals surface area (Å²) < 4.78 is 0. The lowest BCUT2D eigenvalue weighted by molar-refractivity contribution is -0.119. The molecular weight excluding hydrogens is 342 g/mol. The van der Waals surface area contributed by atoms with Gasteiger partial charge in [-0.15, -0.1) is 0 Å². The fraction of sp³-hybridized carbons (Fsp3) is 0.286. The van der Waals surface area contributed by atoms with Crippen LogP contribution in [0.5, 0.6) is 0 Å². The van der Waals surface area contributed by atoms with Crippen molar-refractivity contribution in [3.8, 4) is 11.1 Å². The third kappa shape index (κ3) is 4.53. The average Bonchev–Trinajstić information content (AvgIpc) is 3.10. The van der Waals surface area contributed by atoms with E-state index >= 15 is 0 Å². The van der Waals surface area contributed by atoms with Crippen LogP contribution in [-0.2, 0) is 9.63 Å². The molecule has 0 radical (unpaired) electrons. The Labute approximate surface area is 158 Å². The van der Waals surface area contributed by atoms with Crippen LogP contribution in [-0.4, -0.2) is 48.7 Å². The van der Waals surface area contributed by atoms with E-state index in [0.29, 0.717) is 25.1 Å². The zero-order chi connectivity index (χ0) is 19.2. The maximum Gasteiger partial charge on any atom is 0.254 e. The third-order valence-electron chi connectivity index (χ3n) is 4.57. The van der Waals surface area contributed by atoms with Gasteiger partial charge in [0.15, 0.2) is 0 Å². The number of nitrogens with zero attached hydrogens (tertiary/aromatic N) is 2. The predicted molar refractivity (Wildman–Crippen MR) is 104 cm³/mol. The summed E-state index contributed by atoms with van der Waals surface area (Å²) in [6, 6.07) is 17.5. The lowest BCUT2D eigenvalue weighted by atomic mass is 10.0. The molecule has 1 aliphatic rings. The van der Waals surface area contributed by atoms with E-state index in [9.17, 15) is 9.59 Å². The summed E-state index contributed by atoms with van der Waals surface area (Å²) >= 11 is 0. The van der Waals surface area contributed by atoms with Crippen molar-refractivity contribution in [1.82, 2.24) is 10.2 Å². The highest BCUT2D eigenvalue weighted by atomic mass is 16.6. The van der Waals surface area contributed by atoms with E-state index in [1.54, 1.807) is 4.90 Å². The summed E-state index contributed by atoms with van der Waals surface area (Å²) in [5.41, 5.74) is 3.57. The molecule has 1 heterocycles. The Morgan fingerprint density at radius 2 is 1.78 bits per heavy atom. The first-order chi connectivity index (χ1) is 13.1. The zero-order valence-electron chi connectivity index (χ0n) is 15.5. The zero-order valence-corrected chi connectivity index (χ0v) is 15.5. The first-order valence-electron chi connectivity index (χ1n) is 8.88. The Morgan fingerprint density at radius 3 is 2.41 bits per heavy atom. The number of carbonyl (C=O) groups excluding carboxylic acids is 2. The van der Waals surface area contributed by atoms with Gasteiger partial charge in [0, 0.05) is 25.5 Å². The van der Waals surface area contributed by atoms with E-state index in [1.807, 2.05) is 54.6 Å². The Bertz CT molecular complexity index is 832. The SMILES string of the molecule is CON=C1CC(CNC(C)=O)N(C(=O)c2ccc(-c3ccccc3)cc2)C1. The van der Waals surface area contributed by atoms with Crippen LogP contribution in [0.1, 0.15) is 23.7 Å². The van der Waals surface area contributed by atoms with Crippen molar-refractivity contribution in [2.75, 3.05) is 20.2 Å². The fourth-order valence-corrected chi connectivity index (χ4v) is 3.25. The molecule has 0 aromatic heterocycles. The molecule has 1 fully saturated rings. The highest BCUT2D eigenvalue weighted by molar-refractivity contribution is 6.00. The number of oxime groups is 1. The molecule has 27 heavy (non-hydrogen) atoms. The number of rotatable bonds is 5. The maximum absolute atomic E-state index is 13.0. The van der Waals surface area contributed by atoms with E-state index in [0.717, 1.165) is 16.8 Å². The van der Waals surface area contributed by atoms with Crippen molar-refractivity contribution in [2.45, 2.75) is 19.4 Å². The van der Waals surface area contributed by atoms with Gasteiger partial charge in [-0.05, 0) is 23.3 Å². The number of hydrogen-bond donors (Lipinski definition) is 1. The minimum atomic E-state index is -0.135. The first-order valence-corrected chi connectivity index (χ1v) is 8.88. The summed E-state index contributed by atoms with van der Waals surface area (Å²) in [4.78, 5) is 30.9. The van der Waals surface area contributed by atoms with Crippen LogP contribution in [0.25, 0.3) is 11.1 Å². The van der Waals surface area contributed by atoms with E-state index < -0.39 is 0 Å². The van der Waals surface area contributed by atoms with E-state index in [4.69, 9.17) is 4.84 Å². The standard InChI is InChI=1S/C21H23N3O3/c1-15(25)22-13-20-12-19(23-27-2)14-24(20)21(26)18-10-8-17(9-11-18)16-6-4-3-5-7-16/h3-11,20H,12-14H2,1-2H3,(H,22,25). The molecule has 0 spiro atoms. The molecule has 2 aromatic carbocycles. The molecule has 1 aliphatic heterocycles. The predicted octanol–water partition coefficient (Wildman–Crippen LogP) is 2.71.